The Balaban J connectivity index is 1.79. The second kappa shape index (κ2) is 7.41. The lowest BCUT2D eigenvalue weighted by Crippen LogP contribution is -2.44. The molecule has 0 unspecified atom stereocenters. The summed E-state index contributed by atoms with van der Waals surface area (Å²) in [5.41, 5.74) is -0.268. The number of aromatic nitrogens is 3. The second-order valence-corrected chi connectivity index (χ2v) is 6.89. The summed E-state index contributed by atoms with van der Waals surface area (Å²) in [6.45, 7) is 5.23. The maximum absolute atomic E-state index is 12.6. The van der Waals surface area contributed by atoms with Crippen molar-refractivity contribution in [1.82, 2.24) is 24.3 Å². The number of hydrogen-bond donors (Lipinski definition) is 1. The largest absolute Gasteiger partial charge is 0.349 e. The van der Waals surface area contributed by atoms with Gasteiger partial charge in [-0.3, -0.25) is 18.7 Å². The molecule has 1 aliphatic rings. The van der Waals surface area contributed by atoms with Crippen molar-refractivity contribution in [1.29, 1.82) is 0 Å². The molecule has 1 amide bonds. The van der Waals surface area contributed by atoms with Gasteiger partial charge in [0.1, 0.15) is 5.65 Å². The van der Waals surface area contributed by atoms with E-state index in [1.807, 2.05) is 0 Å². The minimum atomic E-state index is -0.446. The van der Waals surface area contributed by atoms with Crippen LogP contribution in [-0.4, -0.2) is 50.6 Å². The van der Waals surface area contributed by atoms with Crippen LogP contribution in [0.3, 0.4) is 0 Å². The number of hydrogen-bond acceptors (Lipinski definition) is 5. The highest BCUT2D eigenvalue weighted by atomic mass is 16.2. The Kier molecular flexibility index (Phi) is 5.22. The summed E-state index contributed by atoms with van der Waals surface area (Å²) in [6.07, 6.45) is 4.39. The molecule has 0 saturated carbocycles. The van der Waals surface area contributed by atoms with Crippen molar-refractivity contribution in [3.63, 3.8) is 0 Å². The first-order valence-corrected chi connectivity index (χ1v) is 9.01. The van der Waals surface area contributed by atoms with E-state index in [0.717, 1.165) is 43.5 Å². The molecule has 3 rings (SSSR count). The number of carbonyl (C=O) groups excluding carboxylic acids is 1. The number of rotatable bonds is 4. The maximum atomic E-state index is 12.6. The van der Waals surface area contributed by atoms with E-state index in [9.17, 15) is 14.4 Å². The smallest absolute Gasteiger partial charge is 0.332 e. The van der Waals surface area contributed by atoms with E-state index in [2.05, 4.69) is 22.1 Å². The number of aryl methyl sites for hydroxylation is 1. The third-order valence-corrected chi connectivity index (χ3v) is 5.02. The van der Waals surface area contributed by atoms with Crippen molar-refractivity contribution in [2.45, 2.75) is 32.2 Å². The number of fused-ring (bicyclic) bond motifs is 1. The van der Waals surface area contributed by atoms with E-state index in [-0.39, 0.29) is 23.0 Å². The topological polar surface area (TPSA) is 89.2 Å². The highest BCUT2D eigenvalue weighted by molar-refractivity contribution is 5.96. The summed E-state index contributed by atoms with van der Waals surface area (Å²) in [5.74, 6) is -0.232. The van der Waals surface area contributed by atoms with E-state index in [1.54, 1.807) is 7.05 Å². The van der Waals surface area contributed by atoms with Crippen molar-refractivity contribution in [2.75, 3.05) is 19.6 Å². The van der Waals surface area contributed by atoms with Crippen molar-refractivity contribution < 1.29 is 4.79 Å². The Morgan fingerprint density at radius 3 is 2.58 bits per heavy atom. The van der Waals surface area contributed by atoms with Crippen molar-refractivity contribution >= 4 is 16.9 Å². The van der Waals surface area contributed by atoms with Gasteiger partial charge < -0.3 is 10.2 Å². The van der Waals surface area contributed by atoms with Gasteiger partial charge in [0.05, 0.1) is 10.9 Å². The molecule has 26 heavy (non-hydrogen) atoms. The molecule has 8 nitrogen and oxygen atoms in total. The molecule has 2 aromatic heterocycles. The Bertz CT molecular complexity index is 938. The van der Waals surface area contributed by atoms with Crippen molar-refractivity contribution in [3.05, 3.63) is 38.7 Å². The first-order chi connectivity index (χ1) is 12.4. The van der Waals surface area contributed by atoms with Gasteiger partial charge in [0.25, 0.3) is 11.5 Å². The van der Waals surface area contributed by atoms with Crippen LogP contribution in [-0.2, 0) is 14.1 Å². The second-order valence-electron chi connectivity index (χ2n) is 6.89. The maximum Gasteiger partial charge on any atom is 0.332 e. The fraction of sp³-hybridized carbons (Fsp3) is 0.556. The quantitative estimate of drug-likeness (QED) is 0.844. The van der Waals surface area contributed by atoms with Crippen molar-refractivity contribution in [2.24, 2.45) is 14.1 Å². The van der Waals surface area contributed by atoms with Gasteiger partial charge in [0, 0.05) is 39.4 Å². The van der Waals surface area contributed by atoms with Crippen molar-refractivity contribution in [3.8, 4) is 0 Å². The Labute approximate surface area is 151 Å². The third-order valence-electron chi connectivity index (χ3n) is 5.02. The monoisotopic (exact) mass is 359 g/mol. The molecule has 8 heteroatoms. The molecule has 1 fully saturated rings. The molecule has 1 N–H and O–H groups in total. The highest BCUT2D eigenvalue weighted by Crippen LogP contribution is 2.12. The van der Waals surface area contributed by atoms with Crippen LogP contribution in [0.1, 0.15) is 36.5 Å². The van der Waals surface area contributed by atoms with Crippen LogP contribution < -0.4 is 16.6 Å². The summed E-state index contributed by atoms with van der Waals surface area (Å²) < 4.78 is 2.33. The highest BCUT2D eigenvalue weighted by Gasteiger charge is 2.21. The molecule has 0 bridgehead atoms. The number of amides is 1. The van der Waals surface area contributed by atoms with E-state index in [4.69, 9.17) is 0 Å². The van der Waals surface area contributed by atoms with Crippen LogP contribution in [0.4, 0.5) is 0 Å². The lowest BCUT2D eigenvalue weighted by molar-refractivity contribution is 0.0911. The summed E-state index contributed by atoms with van der Waals surface area (Å²) in [4.78, 5) is 43.4. The van der Waals surface area contributed by atoms with Gasteiger partial charge in [0.15, 0.2) is 0 Å². The molecule has 0 radical (unpaired) electrons. The summed E-state index contributed by atoms with van der Waals surface area (Å²) in [7, 11) is 2.97. The molecule has 140 valence electrons. The van der Waals surface area contributed by atoms with E-state index in [1.165, 1.54) is 23.9 Å². The van der Waals surface area contributed by atoms with E-state index in [0.29, 0.717) is 5.56 Å². The molecule has 0 spiro atoms. The fourth-order valence-corrected chi connectivity index (χ4v) is 3.48. The third kappa shape index (κ3) is 3.41. The first-order valence-electron chi connectivity index (χ1n) is 9.01. The molecule has 0 aromatic carbocycles. The number of nitrogens with zero attached hydrogens (tertiary/aromatic N) is 4. The number of pyridine rings is 1. The normalized spacial score (nSPS) is 16.1. The average molecular weight is 359 g/mol. The molecule has 1 saturated heterocycles. The number of likely N-dealkylation sites (tertiary alicyclic amines) is 1. The summed E-state index contributed by atoms with van der Waals surface area (Å²) in [6, 6.07) is 1.65. The Morgan fingerprint density at radius 2 is 1.92 bits per heavy atom. The van der Waals surface area contributed by atoms with Gasteiger partial charge in [-0.05, 0) is 31.9 Å². The molecule has 0 aliphatic carbocycles. The van der Waals surface area contributed by atoms with E-state index < -0.39 is 11.2 Å². The van der Waals surface area contributed by atoms with E-state index >= 15 is 0 Å². The SMILES string of the molecule is CCCN1CCC(NC(=O)c2cnc3c(c2)c(=O)n(C)c(=O)n3C)CC1. The van der Waals surface area contributed by atoms with Crippen LogP contribution in [0.25, 0.3) is 11.0 Å². The number of piperidine rings is 1. The van der Waals surface area contributed by atoms with Gasteiger partial charge in [0.2, 0.25) is 0 Å². The Hall–Kier alpha value is -2.48. The van der Waals surface area contributed by atoms with Crippen LogP contribution in [0.2, 0.25) is 0 Å². The lowest BCUT2D eigenvalue weighted by Gasteiger charge is -2.32. The molecule has 0 atom stereocenters. The van der Waals surface area contributed by atoms with Gasteiger partial charge >= 0.3 is 5.69 Å². The molecule has 1 aliphatic heterocycles. The van der Waals surface area contributed by atoms with Gasteiger partial charge in [-0.2, -0.15) is 0 Å². The standard InChI is InChI=1S/C18H25N5O3/c1-4-7-23-8-5-13(6-9-23)20-16(24)12-10-14-15(19-11-12)21(2)18(26)22(3)17(14)25/h10-11,13H,4-9H2,1-3H3,(H,20,24). The van der Waals surface area contributed by atoms with Gasteiger partial charge in [-0.15, -0.1) is 0 Å². The molecular formula is C18H25N5O3. The zero-order valence-corrected chi connectivity index (χ0v) is 15.5. The van der Waals surface area contributed by atoms with Crippen LogP contribution in [0.5, 0.6) is 0 Å². The minimum Gasteiger partial charge on any atom is -0.349 e. The summed E-state index contributed by atoms with van der Waals surface area (Å²) in [5, 5.41) is 3.30. The fourth-order valence-electron chi connectivity index (χ4n) is 3.48. The zero-order valence-electron chi connectivity index (χ0n) is 15.5. The molecule has 2 aromatic rings. The lowest BCUT2D eigenvalue weighted by atomic mass is 10.0. The van der Waals surface area contributed by atoms with Crippen LogP contribution in [0, 0.1) is 0 Å². The molecular weight excluding hydrogens is 334 g/mol. The number of nitrogens with one attached hydrogen (secondary N) is 1. The molecule has 3 heterocycles. The zero-order chi connectivity index (χ0) is 18.8. The predicted molar refractivity (Wildman–Crippen MR) is 99.4 cm³/mol. The number of carbonyl (C=O) groups is 1. The van der Waals surface area contributed by atoms with Gasteiger partial charge in [-0.25, -0.2) is 9.78 Å². The van der Waals surface area contributed by atoms with Crippen LogP contribution in [0.15, 0.2) is 21.9 Å². The average Bonchev–Trinajstić information content (AvgIpc) is 2.66. The predicted octanol–water partition coefficient (Wildman–Crippen LogP) is 0.236. The first kappa shape index (κ1) is 18.3. The van der Waals surface area contributed by atoms with Crippen LogP contribution >= 0.6 is 0 Å². The summed E-state index contributed by atoms with van der Waals surface area (Å²) >= 11 is 0. The minimum absolute atomic E-state index is 0.134. The van der Waals surface area contributed by atoms with Gasteiger partial charge in [-0.1, -0.05) is 6.92 Å². The Morgan fingerprint density at radius 1 is 1.23 bits per heavy atom.